The lowest BCUT2D eigenvalue weighted by Crippen LogP contribution is -2.55. The molecule has 1 atom stereocenters. The molecule has 1 N–H and O–H groups in total. The molecule has 0 radical (unpaired) electrons. The first-order valence-corrected chi connectivity index (χ1v) is 3.99. The van der Waals surface area contributed by atoms with Gasteiger partial charge < -0.3 is 0 Å². The molecule has 80 valence electrons. The number of halogens is 3. The Balaban J connectivity index is 2.46. The van der Waals surface area contributed by atoms with Crippen molar-refractivity contribution in [2.45, 2.75) is 18.8 Å². The normalized spacial score (nSPS) is 24.6. The van der Waals surface area contributed by atoms with Gasteiger partial charge in [0, 0.05) is 6.54 Å². The van der Waals surface area contributed by atoms with Crippen molar-refractivity contribution in [1.82, 2.24) is 10.2 Å². The Morgan fingerprint density at radius 3 is 2.50 bits per heavy atom. The predicted octanol–water partition coefficient (Wildman–Crippen LogP) is -0.104. The van der Waals surface area contributed by atoms with Crippen molar-refractivity contribution in [2.75, 3.05) is 13.2 Å². The molecule has 0 bridgehead atoms. The average Bonchev–Trinajstić information content (AvgIpc) is 2.15. The van der Waals surface area contributed by atoms with Crippen molar-refractivity contribution in [3.05, 3.63) is 0 Å². The van der Waals surface area contributed by atoms with E-state index in [1.54, 1.807) is 0 Å². The Bertz CT molecular complexity index is 234. The van der Waals surface area contributed by atoms with Gasteiger partial charge in [-0.05, 0) is 6.42 Å². The monoisotopic (exact) mass is 210 g/mol. The van der Waals surface area contributed by atoms with Gasteiger partial charge in [0.15, 0.2) is 6.29 Å². The zero-order valence-electron chi connectivity index (χ0n) is 7.17. The van der Waals surface area contributed by atoms with Crippen LogP contribution in [-0.2, 0) is 9.59 Å². The summed E-state index contributed by atoms with van der Waals surface area (Å²) in [7, 11) is 0. The molecule has 1 heterocycles. The van der Waals surface area contributed by atoms with Crippen LogP contribution in [0.25, 0.3) is 0 Å². The number of rotatable bonds is 2. The molecule has 0 saturated carbocycles. The minimum Gasteiger partial charge on any atom is -0.295 e. The van der Waals surface area contributed by atoms with Crippen molar-refractivity contribution in [1.29, 1.82) is 0 Å². The number of alkyl halides is 3. The van der Waals surface area contributed by atoms with Crippen molar-refractivity contribution < 1.29 is 22.8 Å². The lowest BCUT2D eigenvalue weighted by Gasteiger charge is -2.32. The molecular weight excluding hydrogens is 201 g/mol. The van der Waals surface area contributed by atoms with Crippen LogP contribution in [0.3, 0.4) is 0 Å². The SMILES string of the molecule is O=CC(=O)C1CCN(C(F)(F)F)CN1. The van der Waals surface area contributed by atoms with E-state index in [-0.39, 0.29) is 24.2 Å². The molecule has 0 spiro atoms. The number of hydrogen-bond donors (Lipinski definition) is 1. The molecule has 0 amide bonds. The van der Waals surface area contributed by atoms with Crippen LogP contribution >= 0.6 is 0 Å². The molecule has 0 aliphatic carbocycles. The second-order valence-corrected chi connectivity index (χ2v) is 2.95. The molecule has 1 unspecified atom stereocenters. The molecule has 0 aromatic carbocycles. The van der Waals surface area contributed by atoms with Gasteiger partial charge in [-0.3, -0.25) is 14.9 Å². The molecule has 0 aromatic rings. The van der Waals surface area contributed by atoms with E-state index in [4.69, 9.17) is 0 Å². The zero-order valence-corrected chi connectivity index (χ0v) is 7.17. The number of carbonyl (C=O) groups excluding carboxylic acids is 2. The summed E-state index contributed by atoms with van der Waals surface area (Å²) in [6, 6.07) is -0.772. The Morgan fingerprint density at radius 2 is 2.14 bits per heavy atom. The fourth-order valence-corrected chi connectivity index (χ4v) is 1.23. The van der Waals surface area contributed by atoms with Gasteiger partial charge in [-0.2, -0.15) is 13.2 Å². The van der Waals surface area contributed by atoms with E-state index in [2.05, 4.69) is 5.32 Å². The van der Waals surface area contributed by atoms with Gasteiger partial charge in [-0.1, -0.05) is 0 Å². The topological polar surface area (TPSA) is 49.4 Å². The molecule has 4 nitrogen and oxygen atoms in total. The smallest absolute Gasteiger partial charge is 0.295 e. The summed E-state index contributed by atoms with van der Waals surface area (Å²) in [4.78, 5) is 21.1. The Morgan fingerprint density at radius 1 is 1.50 bits per heavy atom. The van der Waals surface area contributed by atoms with Gasteiger partial charge in [0.05, 0.1) is 12.7 Å². The number of nitrogens with one attached hydrogen (secondary N) is 1. The van der Waals surface area contributed by atoms with Crippen molar-refractivity contribution in [3.63, 3.8) is 0 Å². The van der Waals surface area contributed by atoms with Gasteiger partial charge in [0.25, 0.3) is 0 Å². The summed E-state index contributed by atoms with van der Waals surface area (Å²) in [5.74, 6) is -0.702. The molecule has 1 saturated heterocycles. The third kappa shape index (κ3) is 2.52. The van der Waals surface area contributed by atoms with Crippen LogP contribution in [0.2, 0.25) is 0 Å². The van der Waals surface area contributed by atoms with Crippen LogP contribution in [0.15, 0.2) is 0 Å². The van der Waals surface area contributed by atoms with E-state index in [9.17, 15) is 22.8 Å². The zero-order chi connectivity index (χ0) is 10.8. The highest BCUT2D eigenvalue weighted by Crippen LogP contribution is 2.22. The fourth-order valence-electron chi connectivity index (χ4n) is 1.23. The van der Waals surface area contributed by atoms with Crippen molar-refractivity contribution in [3.8, 4) is 0 Å². The fraction of sp³-hybridized carbons (Fsp3) is 0.714. The molecule has 1 aliphatic rings. The molecule has 14 heavy (non-hydrogen) atoms. The largest absolute Gasteiger partial charge is 0.460 e. The maximum atomic E-state index is 12.1. The predicted molar refractivity (Wildman–Crippen MR) is 40.2 cm³/mol. The lowest BCUT2D eigenvalue weighted by atomic mass is 10.1. The number of ketones is 1. The maximum Gasteiger partial charge on any atom is 0.460 e. The van der Waals surface area contributed by atoms with E-state index in [1.165, 1.54) is 0 Å². The molecule has 0 aromatic heterocycles. The van der Waals surface area contributed by atoms with Crippen LogP contribution in [0.4, 0.5) is 13.2 Å². The second-order valence-electron chi connectivity index (χ2n) is 2.95. The highest BCUT2D eigenvalue weighted by Gasteiger charge is 2.40. The van der Waals surface area contributed by atoms with Gasteiger partial charge >= 0.3 is 6.30 Å². The number of nitrogens with zero attached hydrogens (tertiary/aromatic N) is 1. The molecule has 1 rings (SSSR count). The van der Waals surface area contributed by atoms with Crippen molar-refractivity contribution in [2.24, 2.45) is 0 Å². The number of carbonyl (C=O) groups is 2. The minimum absolute atomic E-state index is 0.00289. The van der Waals surface area contributed by atoms with Crippen LogP contribution < -0.4 is 5.32 Å². The molecule has 1 fully saturated rings. The highest BCUT2D eigenvalue weighted by molar-refractivity contribution is 6.27. The molecule has 1 aliphatic heterocycles. The van der Waals surface area contributed by atoms with Gasteiger partial charge in [0.1, 0.15) is 0 Å². The third-order valence-corrected chi connectivity index (χ3v) is 2.03. The third-order valence-electron chi connectivity index (χ3n) is 2.03. The highest BCUT2D eigenvalue weighted by atomic mass is 19.4. The summed E-state index contributed by atoms with van der Waals surface area (Å²) >= 11 is 0. The lowest BCUT2D eigenvalue weighted by molar-refractivity contribution is -0.252. The van der Waals surface area contributed by atoms with E-state index < -0.39 is 24.8 Å². The van der Waals surface area contributed by atoms with E-state index in [1.807, 2.05) is 0 Å². The standard InChI is InChI=1S/C7H9F3N2O2/c8-7(9,10)12-2-1-5(11-4-12)6(14)3-13/h3,5,11H,1-2,4H2. The maximum absolute atomic E-state index is 12.1. The summed E-state index contributed by atoms with van der Waals surface area (Å²) in [6.07, 6.45) is -4.26. The van der Waals surface area contributed by atoms with E-state index in [0.717, 1.165) is 0 Å². The number of hydrogen-bond acceptors (Lipinski definition) is 4. The minimum atomic E-state index is -4.39. The van der Waals surface area contributed by atoms with Crippen LogP contribution in [-0.4, -0.2) is 42.5 Å². The Kier molecular flexibility index (Phi) is 3.22. The second kappa shape index (κ2) is 4.05. The van der Waals surface area contributed by atoms with Crippen LogP contribution in [0, 0.1) is 0 Å². The first kappa shape index (κ1) is 11.1. The quantitative estimate of drug-likeness (QED) is 0.392. The summed E-state index contributed by atoms with van der Waals surface area (Å²) < 4.78 is 36.2. The van der Waals surface area contributed by atoms with E-state index in [0.29, 0.717) is 0 Å². The Hall–Kier alpha value is -0.950. The van der Waals surface area contributed by atoms with Gasteiger partial charge in [-0.25, -0.2) is 4.90 Å². The average molecular weight is 210 g/mol. The van der Waals surface area contributed by atoms with E-state index >= 15 is 0 Å². The number of aldehydes is 1. The first-order chi connectivity index (χ1) is 6.45. The van der Waals surface area contributed by atoms with Gasteiger partial charge in [-0.15, -0.1) is 0 Å². The summed E-state index contributed by atoms with van der Waals surface area (Å²) in [6.45, 7) is -0.714. The van der Waals surface area contributed by atoms with Gasteiger partial charge in [0.2, 0.25) is 5.78 Å². The van der Waals surface area contributed by atoms with Crippen LogP contribution in [0.5, 0.6) is 0 Å². The molecular formula is C7H9F3N2O2. The number of Topliss-reactive ketones (excluding diaryl/α,β-unsaturated/α-hetero) is 1. The Labute approximate surface area is 78.1 Å². The molecule has 7 heteroatoms. The van der Waals surface area contributed by atoms with Crippen LogP contribution in [0.1, 0.15) is 6.42 Å². The first-order valence-electron chi connectivity index (χ1n) is 3.99. The van der Waals surface area contributed by atoms with Crippen molar-refractivity contribution >= 4 is 12.1 Å². The summed E-state index contributed by atoms with van der Waals surface area (Å²) in [5, 5.41) is 2.35. The summed E-state index contributed by atoms with van der Waals surface area (Å²) in [5.41, 5.74) is 0.